The highest BCUT2D eigenvalue weighted by Gasteiger charge is 2.08. The topological polar surface area (TPSA) is 81.7 Å². The van der Waals surface area contributed by atoms with E-state index in [2.05, 4.69) is 51.9 Å². The molecule has 4 N–H and O–H groups in total. The quantitative estimate of drug-likeness (QED) is 0.347. The second-order valence-electron chi connectivity index (χ2n) is 6.85. The summed E-state index contributed by atoms with van der Waals surface area (Å²) in [6.07, 6.45) is 4.01. The molecule has 6 nitrogen and oxygen atoms in total. The fraction of sp³-hybridized carbons (Fsp3) is 0.348. The van der Waals surface area contributed by atoms with Crippen molar-refractivity contribution in [1.29, 1.82) is 0 Å². The summed E-state index contributed by atoms with van der Waals surface area (Å²) in [4.78, 5) is 8.02. The number of hydrogen-bond acceptors (Lipinski definition) is 3. The average Bonchev–Trinajstić information content (AvgIpc) is 3.16. The number of hydrogen-bond donors (Lipinski definition) is 4. The van der Waals surface area contributed by atoms with Crippen LogP contribution in [0.5, 0.6) is 11.5 Å². The lowest BCUT2D eigenvalue weighted by Gasteiger charge is -2.12. The number of phenolic OH excluding ortho intramolecular Hbond substituents is 1. The Bertz CT molecular complexity index is 978. The summed E-state index contributed by atoms with van der Waals surface area (Å²) in [6.45, 7) is 6.11. The van der Waals surface area contributed by atoms with Crippen molar-refractivity contribution in [3.63, 3.8) is 0 Å². The maximum absolute atomic E-state index is 10.2. The summed E-state index contributed by atoms with van der Waals surface area (Å²) in [5, 5.41) is 18.2. The van der Waals surface area contributed by atoms with E-state index < -0.39 is 0 Å². The van der Waals surface area contributed by atoms with Crippen LogP contribution in [0.3, 0.4) is 0 Å². The molecule has 0 spiro atoms. The van der Waals surface area contributed by atoms with Crippen molar-refractivity contribution >= 4 is 16.9 Å². The SMILES string of the molecule is CCNC(=NCc1cccc(OC)c1O)NCCc1c[nH]c2c(CC)cccc12. The molecule has 0 saturated carbocycles. The first kappa shape index (κ1) is 20.6. The minimum Gasteiger partial charge on any atom is -0.504 e. The molecule has 0 radical (unpaired) electrons. The van der Waals surface area contributed by atoms with Gasteiger partial charge in [-0.1, -0.05) is 37.3 Å². The summed E-state index contributed by atoms with van der Waals surface area (Å²) in [5.41, 5.74) is 4.60. The predicted octanol–water partition coefficient (Wildman–Crippen LogP) is 3.74. The van der Waals surface area contributed by atoms with Crippen LogP contribution in [-0.2, 0) is 19.4 Å². The molecule has 0 aliphatic heterocycles. The van der Waals surface area contributed by atoms with Crippen molar-refractivity contribution in [1.82, 2.24) is 15.6 Å². The van der Waals surface area contributed by atoms with Crippen LogP contribution in [0.15, 0.2) is 47.6 Å². The van der Waals surface area contributed by atoms with Crippen molar-refractivity contribution in [2.75, 3.05) is 20.2 Å². The monoisotopic (exact) mass is 394 g/mol. The molecule has 0 aliphatic rings. The third-order valence-corrected chi connectivity index (χ3v) is 5.01. The van der Waals surface area contributed by atoms with Crippen LogP contribution < -0.4 is 15.4 Å². The molecular weight excluding hydrogens is 364 g/mol. The number of rotatable bonds is 8. The molecule has 6 heteroatoms. The predicted molar refractivity (Wildman–Crippen MR) is 119 cm³/mol. The summed E-state index contributed by atoms with van der Waals surface area (Å²) >= 11 is 0. The van der Waals surface area contributed by atoms with Crippen LogP contribution in [0.4, 0.5) is 0 Å². The Morgan fingerprint density at radius 2 is 1.86 bits per heavy atom. The van der Waals surface area contributed by atoms with Gasteiger partial charge in [0.15, 0.2) is 17.5 Å². The van der Waals surface area contributed by atoms with E-state index in [1.54, 1.807) is 13.2 Å². The highest BCUT2D eigenvalue weighted by atomic mass is 16.5. The number of aromatic amines is 1. The molecule has 0 aliphatic carbocycles. The fourth-order valence-corrected chi connectivity index (χ4v) is 3.46. The molecule has 0 bridgehead atoms. The number of ether oxygens (including phenoxy) is 1. The van der Waals surface area contributed by atoms with Crippen molar-refractivity contribution in [3.05, 3.63) is 59.3 Å². The number of methoxy groups -OCH3 is 1. The molecule has 0 unspecified atom stereocenters. The Morgan fingerprint density at radius 1 is 1.07 bits per heavy atom. The lowest BCUT2D eigenvalue weighted by molar-refractivity contribution is 0.370. The van der Waals surface area contributed by atoms with E-state index in [0.29, 0.717) is 12.3 Å². The number of phenols is 1. The Balaban J connectivity index is 1.65. The molecule has 2 aromatic carbocycles. The van der Waals surface area contributed by atoms with Crippen LogP contribution in [0, 0.1) is 0 Å². The molecule has 3 rings (SSSR count). The van der Waals surface area contributed by atoms with Gasteiger partial charge in [-0.15, -0.1) is 0 Å². The van der Waals surface area contributed by atoms with E-state index in [9.17, 15) is 5.11 Å². The zero-order chi connectivity index (χ0) is 20.6. The van der Waals surface area contributed by atoms with Crippen LogP contribution in [-0.4, -0.2) is 36.2 Å². The van der Waals surface area contributed by atoms with Gasteiger partial charge in [0.25, 0.3) is 0 Å². The number of benzene rings is 2. The van der Waals surface area contributed by atoms with Gasteiger partial charge >= 0.3 is 0 Å². The Labute approximate surface area is 172 Å². The van der Waals surface area contributed by atoms with Gasteiger partial charge in [-0.3, -0.25) is 0 Å². The highest BCUT2D eigenvalue weighted by molar-refractivity contribution is 5.86. The summed E-state index contributed by atoms with van der Waals surface area (Å²) in [6, 6.07) is 11.9. The largest absolute Gasteiger partial charge is 0.504 e. The van der Waals surface area contributed by atoms with E-state index in [1.165, 1.54) is 22.0 Å². The lowest BCUT2D eigenvalue weighted by atomic mass is 10.1. The number of aliphatic imine (C=N–C) groups is 1. The molecule has 1 aromatic heterocycles. The Kier molecular flexibility index (Phi) is 7.00. The average molecular weight is 395 g/mol. The lowest BCUT2D eigenvalue weighted by Crippen LogP contribution is -2.38. The third kappa shape index (κ3) is 4.83. The van der Waals surface area contributed by atoms with Gasteiger partial charge in [-0.25, -0.2) is 4.99 Å². The summed E-state index contributed by atoms with van der Waals surface area (Å²) in [5.74, 6) is 1.32. The van der Waals surface area contributed by atoms with E-state index >= 15 is 0 Å². The smallest absolute Gasteiger partial charge is 0.191 e. The van der Waals surface area contributed by atoms with E-state index in [4.69, 9.17) is 4.74 Å². The van der Waals surface area contributed by atoms with Gasteiger partial charge < -0.3 is 25.5 Å². The third-order valence-electron chi connectivity index (χ3n) is 5.01. The number of guanidine groups is 1. The molecule has 3 aromatic rings. The zero-order valence-corrected chi connectivity index (χ0v) is 17.4. The first-order valence-corrected chi connectivity index (χ1v) is 10.1. The second-order valence-corrected chi connectivity index (χ2v) is 6.85. The minimum atomic E-state index is 0.139. The van der Waals surface area contributed by atoms with Crippen LogP contribution >= 0.6 is 0 Å². The highest BCUT2D eigenvalue weighted by Crippen LogP contribution is 2.29. The van der Waals surface area contributed by atoms with E-state index in [-0.39, 0.29) is 5.75 Å². The number of aromatic hydroxyl groups is 1. The molecular formula is C23H30N4O2. The molecule has 0 fully saturated rings. The van der Waals surface area contributed by atoms with Gasteiger partial charge in [-0.05, 0) is 37.0 Å². The van der Waals surface area contributed by atoms with Crippen molar-refractivity contribution in [2.24, 2.45) is 4.99 Å². The van der Waals surface area contributed by atoms with Gasteiger partial charge in [0.05, 0.1) is 13.7 Å². The van der Waals surface area contributed by atoms with E-state index in [0.717, 1.165) is 37.5 Å². The van der Waals surface area contributed by atoms with Crippen LogP contribution in [0.1, 0.15) is 30.5 Å². The fourth-order valence-electron chi connectivity index (χ4n) is 3.46. The zero-order valence-electron chi connectivity index (χ0n) is 17.4. The van der Waals surface area contributed by atoms with Gasteiger partial charge in [0.1, 0.15) is 0 Å². The number of fused-ring (bicyclic) bond motifs is 1. The Hall–Kier alpha value is -3.15. The molecule has 1 heterocycles. The van der Waals surface area contributed by atoms with Gasteiger partial charge in [-0.2, -0.15) is 0 Å². The molecule has 0 amide bonds. The minimum absolute atomic E-state index is 0.139. The molecule has 154 valence electrons. The molecule has 29 heavy (non-hydrogen) atoms. The van der Waals surface area contributed by atoms with Crippen molar-refractivity contribution in [3.8, 4) is 11.5 Å². The van der Waals surface area contributed by atoms with Crippen LogP contribution in [0.25, 0.3) is 10.9 Å². The second kappa shape index (κ2) is 9.87. The number of aryl methyl sites for hydroxylation is 1. The number of para-hydroxylation sites is 2. The van der Waals surface area contributed by atoms with Gasteiger partial charge in [0, 0.05) is 35.8 Å². The first-order chi connectivity index (χ1) is 14.2. The normalized spacial score (nSPS) is 11.6. The van der Waals surface area contributed by atoms with Crippen LogP contribution in [0.2, 0.25) is 0 Å². The van der Waals surface area contributed by atoms with Crippen molar-refractivity contribution in [2.45, 2.75) is 33.2 Å². The molecule has 0 saturated heterocycles. The van der Waals surface area contributed by atoms with Crippen molar-refractivity contribution < 1.29 is 9.84 Å². The number of aromatic nitrogens is 1. The number of nitrogens with zero attached hydrogens (tertiary/aromatic N) is 1. The standard InChI is InChI=1S/C23H30N4O2/c1-4-16-8-6-10-19-17(14-26-21(16)19)12-13-25-23(24-5-2)27-15-18-9-7-11-20(29-3)22(18)28/h6-11,14,26,28H,4-5,12-13,15H2,1-3H3,(H2,24,25,27). The maximum Gasteiger partial charge on any atom is 0.191 e. The summed E-state index contributed by atoms with van der Waals surface area (Å²) in [7, 11) is 1.54. The Morgan fingerprint density at radius 3 is 2.62 bits per heavy atom. The van der Waals surface area contributed by atoms with E-state index in [1.807, 2.05) is 19.1 Å². The number of H-pyrrole nitrogens is 1. The van der Waals surface area contributed by atoms with Gasteiger partial charge in [0.2, 0.25) is 0 Å². The summed E-state index contributed by atoms with van der Waals surface area (Å²) < 4.78 is 5.17. The molecule has 0 atom stereocenters. The maximum atomic E-state index is 10.2. The number of nitrogens with one attached hydrogen (secondary N) is 3. The first-order valence-electron chi connectivity index (χ1n) is 10.1.